The van der Waals surface area contributed by atoms with Crippen molar-refractivity contribution in [3.8, 4) is 0 Å². The molecule has 4 nitrogen and oxygen atoms in total. The van der Waals surface area contributed by atoms with E-state index in [0.29, 0.717) is 10.7 Å². The molecule has 3 N–H and O–H groups in total. The second-order valence-corrected chi connectivity index (χ2v) is 5.32. The van der Waals surface area contributed by atoms with E-state index in [1.54, 1.807) is 6.07 Å². The van der Waals surface area contributed by atoms with Crippen LogP contribution in [-0.4, -0.2) is 18.1 Å². The van der Waals surface area contributed by atoms with Gasteiger partial charge in [0.15, 0.2) is 0 Å². The van der Waals surface area contributed by atoms with Gasteiger partial charge in [-0.1, -0.05) is 29.8 Å². The van der Waals surface area contributed by atoms with Crippen LogP contribution in [0.4, 0.5) is 11.4 Å². The summed E-state index contributed by atoms with van der Waals surface area (Å²) in [5.41, 5.74) is 8.13. The van der Waals surface area contributed by atoms with E-state index in [-0.39, 0.29) is 17.3 Å². The van der Waals surface area contributed by atoms with Gasteiger partial charge in [-0.25, -0.2) is 4.79 Å². The van der Waals surface area contributed by atoms with Crippen molar-refractivity contribution in [1.82, 2.24) is 0 Å². The number of hydrogen-bond acceptors (Lipinski definition) is 3. The Morgan fingerprint density at radius 1 is 1.24 bits per heavy atom. The van der Waals surface area contributed by atoms with Gasteiger partial charge in [-0.2, -0.15) is 0 Å². The summed E-state index contributed by atoms with van der Waals surface area (Å²) in [4.78, 5) is 13.1. The second kappa shape index (κ2) is 6.06. The standard InChI is InChI=1S/C16H17ClN2O2/c1-10(11-6-8-12(17)9-7-11)19(2)14-5-3-4-13(15(14)18)16(20)21/h3-10H,18H2,1-2H3,(H,20,21). The first-order chi connectivity index (χ1) is 9.91. The van der Waals surface area contributed by atoms with Crippen molar-refractivity contribution >= 4 is 28.9 Å². The van der Waals surface area contributed by atoms with Gasteiger partial charge in [0.25, 0.3) is 0 Å². The van der Waals surface area contributed by atoms with Gasteiger partial charge in [-0.3, -0.25) is 0 Å². The van der Waals surface area contributed by atoms with Crippen molar-refractivity contribution in [1.29, 1.82) is 0 Å². The van der Waals surface area contributed by atoms with Gasteiger partial charge in [0.05, 0.1) is 23.0 Å². The first-order valence-corrected chi connectivity index (χ1v) is 6.89. The van der Waals surface area contributed by atoms with E-state index in [2.05, 4.69) is 0 Å². The molecule has 21 heavy (non-hydrogen) atoms. The van der Waals surface area contributed by atoms with Crippen molar-refractivity contribution < 1.29 is 9.90 Å². The lowest BCUT2D eigenvalue weighted by Gasteiger charge is -2.29. The molecule has 0 amide bonds. The summed E-state index contributed by atoms with van der Waals surface area (Å²) in [6.45, 7) is 2.02. The predicted octanol–water partition coefficient (Wildman–Crippen LogP) is 3.82. The number of aromatic carboxylic acids is 1. The van der Waals surface area contributed by atoms with Gasteiger partial charge < -0.3 is 15.7 Å². The molecular weight excluding hydrogens is 288 g/mol. The van der Waals surface area contributed by atoms with Crippen LogP contribution >= 0.6 is 11.6 Å². The van der Waals surface area contributed by atoms with Crippen molar-refractivity contribution in [2.45, 2.75) is 13.0 Å². The number of halogens is 1. The summed E-state index contributed by atoms with van der Waals surface area (Å²) in [7, 11) is 1.89. The predicted molar refractivity (Wildman–Crippen MR) is 86.1 cm³/mol. The largest absolute Gasteiger partial charge is 0.478 e. The zero-order chi connectivity index (χ0) is 15.6. The second-order valence-electron chi connectivity index (χ2n) is 4.88. The fourth-order valence-corrected chi connectivity index (χ4v) is 2.35. The monoisotopic (exact) mass is 304 g/mol. The Morgan fingerprint density at radius 3 is 2.43 bits per heavy atom. The van der Waals surface area contributed by atoms with Gasteiger partial charge in [0.1, 0.15) is 0 Å². The fourth-order valence-electron chi connectivity index (χ4n) is 2.22. The van der Waals surface area contributed by atoms with Crippen LogP contribution in [0.3, 0.4) is 0 Å². The van der Waals surface area contributed by atoms with Crippen LogP contribution in [0, 0.1) is 0 Å². The van der Waals surface area contributed by atoms with Gasteiger partial charge in [0.2, 0.25) is 0 Å². The molecule has 0 aliphatic carbocycles. The third-order valence-corrected chi connectivity index (χ3v) is 3.88. The average molecular weight is 305 g/mol. The van der Waals surface area contributed by atoms with E-state index < -0.39 is 5.97 Å². The number of benzene rings is 2. The molecule has 1 atom stereocenters. The van der Waals surface area contributed by atoms with Crippen LogP contribution in [0.5, 0.6) is 0 Å². The number of carboxylic acid groups (broad SMARTS) is 1. The average Bonchev–Trinajstić information content (AvgIpc) is 2.46. The maximum Gasteiger partial charge on any atom is 0.337 e. The van der Waals surface area contributed by atoms with Gasteiger partial charge >= 0.3 is 5.97 Å². The molecule has 2 rings (SSSR count). The number of rotatable bonds is 4. The number of nitrogen functional groups attached to an aromatic ring is 1. The normalized spacial score (nSPS) is 12.0. The van der Waals surface area contributed by atoms with Crippen molar-refractivity contribution in [2.75, 3.05) is 17.7 Å². The molecule has 2 aromatic rings. The Morgan fingerprint density at radius 2 is 1.86 bits per heavy atom. The quantitative estimate of drug-likeness (QED) is 0.843. The lowest BCUT2D eigenvalue weighted by Crippen LogP contribution is -2.23. The van der Waals surface area contributed by atoms with Crippen LogP contribution < -0.4 is 10.6 Å². The van der Waals surface area contributed by atoms with Gasteiger partial charge in [-0.05, 0) is 36.8 Å². The molecule has 0 aromatic heterocycles. The van der Waals surface area contributed by atoms with Crippen molar-refractivity contribution in [3.63, 3.8) is 0 Å². The van der Waals surface area contributed by atoms with E-state index in [9.17, 15) is 4.79 Å². The van der Waals surface area contributed by atoms with Crippen molar-refractivity contribution in [2.24, 2.45) is 0 Å². The van der Waals surface area contributed by atoms with E-state index in [1.807, 2.05) is 49.2 Å². The molecule has 0 heterocycles. The molecule has 0 spiro atoms. The zero-order valence-corrected chi connectivity index (χ0v) is 12.6. The summed E-state index contributed by atoms with van der Waals surface area (Å²) in [6.07, 6.45) is 0. The van der Waals surface area contributed by atoms with Crippen LogP contribution in [0.15, 0.2) is 42.5 Å². The molecule has 0 aliphatic rings. The number of carbonyl (C=O) groups is 1. The summed E-state index contributed by atoms with van der Waals surface area (Å²) in [6, 6.07) is 12.6. The Kier molecular flexibility index (Phi) is 4.38. The number of nitrogens with zero attached hydrogens (tertiary/aromatic N) is 1. The number of nitrogens with two attached hydrogens (primary N) is 1. The smallest absolute Gasteiger partial charge is 0.337 e. The van der Waals surface area contributed by atoms with Crippen molar-refractivity contribution in [3.05, 3.63) is 58.6 Å². The van der Waals surface area contributed by atoms with E-state index in [1.165, 1.54) is 6.07 Å². The summed E-state index contributed by atoms with van der Waals surface area (Å²) in [5.74, 6) is -1.03. The Bertz CT molecular complexity index is 656. The maximum atomic E-state index is 11.2. The number of hydrogen-bond donors (Lipinski definition) is 2. The molecule has 0 bridgehead atoms. The summed E-state index contributed by atoms with van der Waals surface area (Å²) >= 11 is 5.89. The third kappa shape index (κ3) is 3.11. The Labute approximate surface area is 128 Å². The maximum absolute atomic E-state index is 11.2. The van der Waals surface area contributed by atoms with Crippen LogP contribution in [0.1, 0.15) is 28.9 Å². The molecule has 0 fully saturated rings. The topological polar surface area (TPSA) is 66.6 Å². The third-order valence-electron chi connectivity index (χ3n) is 3.63. The zero-order valence-electron chi connectivity index (χ0n) is 11.9. The molecular formula is C16H17ClN2O2. The summed E-state index contributed by atoms with van der Waals surface area (Å²) in [5, 5.41) is 9.83. The van der Waals surface area contributed by atoms with Crippen LogP contribution in [-0.2, 0) is 0 Å². The Hall–Kier alpha value is -2.20. The lowest BCUT2D eigenvalue weighted by atomic mass is 10.1. The minimum absolute atomic E-state index is 0.0358. The molecule has 0 saturated heterocycles. The summed E-state index contributed by atoms with van der Waals surface area (Å²) < 4.78 is 0. The molecule has 5 heteroatoms. The molecule has 0 radical (unpaired) electrons. The minimum atomic E-state index is -1.03. The first kappa shape index (κ1) is 15.2. The lowest BCUT2D eigenvalue weighted by molar-refractivity contribution is 0.0698. The molecule has 0 saturated carbocycles. The highest BCUT2D eigenvalue weighted by molar-refractivity contribution is 6.30. The fraction of sp³-hybridized carbons (Fsp3) is 0.188. The SMILES string of the molecule is CC(c1ccc(Cl)cc1)N(C)c1cccc(C(=O)O)c1N. The first-order valence-electron chi connectivity index (χ1n) is 6.52. The minimum Gasteiger partial charge on any atom is -0.478 e. The van der Waals surface area contributed by atoms with Gasteiger partial charge in [0, 0.05) is 12.1 Å². The molecule has 2 aromatic carbocycles. The number of anilines is 2. The van der Waals surface area contributed by atoms with E-state index in [0.717, 1.165) is 5.56 Å². The van der Waals surface area contributed by atoms with E-state index >= 15 is 0 Å². The van der Waals surface area contributed by atoms with Gasteiger partial charge in [-0.15, -0.1) is 0 Å². The molecule has 0 aliphatic heterocycles. The molecule has 110 valence electrons. The highest BCUT2D eigenvalue weighted by Crippen LogP contribution is 2.32. The highest BCUT2D eigenvalue weighted by atomic mass is 35.5. The molecule has 1 unspecified atom stereocenters. The Balaban J connectivity index is 2.35. The number of para-hydroxylation sites is 1. The van der Waals surface area contributed by atoms with Crippen LogP contribution in [0.2, 0.25) is 5.02 Å². The highest BCUT2D eigenvalue weighted by Gasteiger charge is 2.18. The van der Waals surface area contributed by atoms with E-state index in [4.69, 9.17) is 22.4 Å². The van der Waals surface area contributed by atoms with Crippen LogP contribution in [0.25, 0.3) is 0 Å². The number of carboxylic acids is 1.